The Kier molecular flexibility index (Phi) is 7.57. The van der Waals surface area contributed by atoms with E-state index in [2.05, 4.69) is 32.3 Å². The lowest BCUT2D eigenvalue weighted by molar-refractivity contribution is 0.600. The highest BCUT2D eigenvalue weighted by atomic mass is 19.1. The molecule has 0 amide bonds. The minimum atomic E-state index is -0.329. The van der Waals surface area contributed by atoms with Crippen molar-refractivity contribution in [2.24, 2.45) is 0 Å². The van der Waals surface area contributed by atoms with E-state index in [1.54, 1.807) is 24.4 Å². The first-order chi connectivity index (χ1) is 15.4. The van der Waals surface area contributed by atoms with E-state index in [1.807, 2.05) is 29.7 Å². The van der Waals surface area contributed by atoms with Crippen molar-refractivity contribution in [1.29, 1.82) is 0 Å². The molecule has 166 valence electrons. The van der Waals surface area contributed by atoms with E-state index in [1.165, 1.54) is 24.6 Å². The van der Waals surface area contributed by atoms with Gasteiger partial charge in [-0.25, -0.2) is 8.78 Å². The zero-order valence-corrected chi connectivity index (χ0v) is 19.3. The average Bonchev–Trinajstić information content (AvgIpc) is 3.09. The van der Waals surface area contributed by atoms with Crippen molar-refractivity contribution in [3.8, 4) is 11.1 Å². The lowest BCUT2D eigenvalue weighted by Gasteiger charge is -2.12. The van der Waals surface area contributed by atoms with Crippen LogP contribution in [0.3, 0.4) is 0 Å². The Balaban J connectivity index is 0.000000913. The quantitative estimate of drug-likeness (QED) is 0.313. The molecular weight excluding hydrogens is 402 g/mol. The normalized spacial score (nSPS) is 10.7. The molecule has 0 aliphatic rings. The van der Waals surface area contributed by atoms with Crippen LogP contribution in [0.5, 0.6) is 0 Å². The molecule has 0 spiro atoms. The largest absolute Gasteiger partial charge is 0.336 e. The van der Waals surface area contributed by atoms with Gasteiger partial charge in [-0.05, 0) is 49.8 Å². The third-order valence-electron chi connectivity index (χ3n) is 5.28. The zero-order chi connectivity index (χ0) is 23.3. The molecule has 2 heterocycles. The first-order valence-corrected chi connectivity index (χ1v) is 11.1. The first-order valence-electron chi connectivity index (χ1n) is 11.1. The smallest absolute Gasteiger partial charge is 0.128 e. The fraction of sp³-hybridized carbons (Fsp3) is 0.250. The Bertz CT molecular complexity index is 1240. The van der Waals surface area contributed by atoms with Crippen molar-refractivity contribution < 1.29 is 8.78 Å². The van der Waals surface area contributed by atoms with E-state index in [4.69, 9.17) is 0 Å². The summed E-state index contributed by atoms with van der Waals surface area (Å²) < 4.78 is 30.6. The van der Waals surface area contributed by atoms with Gasteiger partial charge in [-0.3, -0.25) is 4.98 Å². The maximum atomic E-state index is 14.5. The second-order valence-corrected chi connectivity index (χ2v) is 7.87. The molecule has 2 aromatic heterocycles. The minimum absolute atomic E-state index is 0.277. The standard InChI is InChI=1S/C25H22F2N2.C3H8/c1-4-22-19(7-6-12-28-22)25-20-10-9-18(26)14-24(20)29(23(25)5-2)15-17-13-16(3)8-11-21(17)27;1-3-2/h5-14H,2,4,15H2,1,3H3;3H2,1-2H3. The van der Waals surface area contributed by atoms with Gasteiger partial charge in [0.05, 0.1) is 12.1 Å². The van der Waals surface area contributed by atoms with Gasteiger partial charge in [0.25, 0.3) is 0 Å². The summed E-state index contributed by atoms with van der Waals surface area (Å²) in [5, 5.41) is 0.900. The van der Waals surface area contributed by atoms with E-state index in [-0.39, 0.29) is 18.2 Å². The number of halogens is 2. The van der Waals surface area contributed by atoms with Gasteiger partial charge < -0.3 is 4.57 Å². The predicted molar refractivity (Wildman–Crippen MR) is 131 cm³/mol. The molecule has 0 N–H and O–H groups in total. The number of pyridine rings is 1. The SMILES string of the molecule is C=Cc1c(-c2cccnc2CC)c2ccc(F)cc2n1Cc1cc(C)ccc1F.CCC. The maximum Gasteiger partial charge on any atom is 0.128 e. The van der Waals surface area contributed by atoms with Crippen molar-refractivity contribution >= 4 is 17.0 Å². The summed E-state index contributed by atoms with van der Waals surface area (Å²) in [6.07, 6.45) is 5.55. The number of fused-ring (bicyclic) bond motifs is 1. The van der Waals surface area contributed by atoms with Crippen molar-refractivity contribution in [1.82, 2.24) is 9.55 Å². The molecule has 0 bridgehead atoms. The molecule has 0 unspecified atom stereocenters. The average molecular weight is 433 g/mol. The number of hydrogen-bond acceptors (Lipinski definition) is 1. The number of benzene rings is 2. The van der Waals surface area contributed by atoms with Gasteiger partial charge in [-0.15, -0.1) is 0 Å². The van der Waals surface area contributed by atoms with Gasteiger partial charge in [-0.1, -0.05) is 57.5 Å². The summed E-state index contributed by atoms with van der Waals surface area (Å²) in [5.41, 5.74) is 5.97. The second kappa shape index (κ2) is 10.4. The van der Waals surface area contributed by atoms with Crippen LogP contribution in [0.15, 0.2) is 61.3 Å². The van der Waals surface area contributed by atoms with E-state index >= 15 is 0 Å². The predicted octanol–water partition coefficient (Wildman–Crippen LogP) is 7.96. The fourth-order valence-electron chi connectivity index (χ4n) is 3.95. The lowest BCUT2D eigenvalue weighted by Crippen LogP contribution is -2.05. The van der Waals surface area contributed by atoms with Gasteiger partial charge >= 0.3 is 0 Å². The van der Waals surface area contributed by atoms with Crippen LogP contribution in [-0.4, -0.2) is 9.55 Å². The topological polar surface area (TPSA) is 17.8 Å². The molecule has 0 saturated heterocycles. The molecule has 2 aromatic carbocycles. The highest BCUT2D eigenvalue weighted by Crippen LogP contribution is 2.38. The number of hydrogen-bond donors (Lipinski definition) is 0. The Morgan fingerprint density at radius 3 is 2.47 bits per heavy atom. The summed E-state index contributed by atoms with van der Waals surface area (Å²) >= 11 is 0. The highest BCUT2D eigenvalue weighted by Gasteiger charge is 2.20. The van der Waals surface area contributed by atoms with Gasteiger partial charge in [0.2, 0.25) is 0 Å². The monoisotopic (exact) mass is 432 g/mol. The molecule has 32 heavy (non-hydrogen) atoms. The van der Waals surface area contributed by atoms with Crippen LogP contribution in [-0.2, 0) is 13.0 Å². The van der Waals surface area contributed by atoms with Crippen molar-refractivity contribution in [2.45, 2.75) is 47.1 Å². The zero-order valence-electron chi connectivity index (χ0n) is 19.3. The summed E-state index contributed by atoms with van der Waals surface area (Å²) in [4.78, 5) is 4.51. The molecular formula is C28H30F2N2. The fourth-order valence-corrected chi connectivity index (χ4v) is 3.95. The Morgan fingerprint density at radius 1 is 1.03 bits per heavy atom. The van der Waals surface area contributed by atoms with Crippen LogP contribution in [0.25, 0.3) is 28.1 Å². The maximum absolute atomic E-state index is 14.5. The van der Waals surface area contributed by atoms with Gasteiger partial charge in [-0.2, -0.15) is 0 Å². The van der Waals surface area contributed by atoms with E-state index in [0.717, 1.165) is 39.9 Å². The Morgan fingerprint density at radius 2 is 1.78 bits per heavy atom. The van der Waals surface area contributed by atoms with Crippen LogP contribution in [0.4, 0.5) is 8.78 Å². The van der Waals surface area contributed by atoms with Crippen LogP contribution < -0.4 is 0 Å². The van der Waals surface area contributed by atoms with E-state index < -0.39 is 0 Å². The number of rotatable bonds is 5. The molecule has 0 fully saturated rings. The third kappa shape index (κ3) is 4.64. The summed E-state index contributed by atoms with van der Waals surface area (Å²) in [7, 11) is 0. The third-order valence-corrected chi connectivity index (χ3v) is 5.28. The van der Waals surface area contributed by atoms with Crippen LogP contribution in [0.2, 0.25) is 0 Å². The molecule has 0 atom stereocenters. The summed E-state index contributed by atoms with van der Waals surface area (Å²) in [5.74, 6) is -0.605. The van der Waals surface area contributed by atoms with Crippen molar-refractivity contribution in [2.75, 3.05) is 0 Å². The van der Waals surface area contributed by atoms with Crippen LogP contribution >= 0.6 is 0 Å². The molecule has 0 saturated carbocycles. The van der Waals surface area contributed by atoms with Crippen LogP contribution in [0, 0.1) is 18.6 Å². The lowest BCUT2D eigenvalue weighted by atomic mass is 9.99. The number of aromatic nitrogens is 2. The van der Waals surface area contributed by atoms with E-state index in [9.17, 15) is 8.78 Å². The first kappa shape index (κ1) is 23.4. The number of nitrogens with zero attached hydrogens (tertiary/aromatic N) is 2. The molecule has 4 aromatic rings. The summed E-state index contributed by atoms with van der Waals surface area (Å²) in [6, 6.07) is 13.7. The van der Waals surface area contributed by atoms with Gasteiger partial charge in [0.1, 0.15) is 11.6 Å². The molecule has 4 heteroatoms. The Labute approximate surface area is 189 Å². The minimum Gasteiger partial charge on any atom is -0.336 e. The van der Waals surface area contributed by atoms with Gasteiger partial charge in [0.15, 0.2) is 0 Å². The molecule has 0 aliphatic carbocycles. The van der Waals surface area contributed by atoms with Gasteiger partial charge in [0, 0.05) is 39.7 Å². The molecule has 4 rings (SSSR count). The molecule has 2 nitrogen and oxygen atoms in total. The highest BCUT2D eigenvalue weighted by molar-refractivity contribution is 6.01. The number of aryl methyl sites for hydroxylation is 2. The van der Waals surface area contributed by atoms with E-state index in [0.29, 0.717) is 11.1 Å². The second-order valence-electron chi connectivity index (χ2n) is 7.87. The molecule has 0 radical (unpaired) electrons. The van der Waals surface area contributed by atoms with Crippen molar-refractivity contribution in [3.05, 3.63) is 95.5 Å². The van der Waals surface area contributed by atoms with Crippen LogP contribution in [0.1, 0.15) is 49.7 Å². The van der Waals surface area contributed by atoms with Crippen molar-refractivity contribution in [3.63, 3.8) is 0 Å². The Hall–Kier alpha value is -3.27. The molecule has 0 aliphatic heterocycles. The summed E-state index contributed by atoms with van der Waals surface area (Å²) in [6.45, 7) is 12.5.